The van der Waals surface area contributed by atoms with Crippen LogP contribution in [-0.2, 0) is 20.7 Å². The van der Waals surface area contributed by atoms with E-state index in [1.165, 1.54) is 12.1 Å². The molecule has 1 atom stereocenters. The van der Waals surface area contributed by atoms with Crippen LogP contribution in [0.2, 0.25) is 0 Å². The van der Waals surface area contributed by atoms with E-state index in [0.29, 0.717) is 71.3 Å². The van der Waals surface area contributed by atoms with Gasteiger partial charge in [0.25, 0.3) is 0 Å². The average molecular weight is 462 g/mol. The van der Waals surface area contributed by atoms with E-state index in [1.807, 2.05) is 17.5 Å². The van der Waals surface area contributed by atoms with Gasteiger partial charge >= 0.3 is 0 Å². The molecule has 2 amide bonds. The van der Waals surface area contributed by atoms with Crippen molar-refractivity contribution >= 4 is 23.2 Å². The molecule has 2 fully saturated rings. The molecule has 0 saturated carbocycles. The van der Waals surface area contributed by atoms with Gasteiger partial charge in [0.15, 0.2) is 0 Å². The standard InChI is InChI=1S/C23H28FN3O4S/c24-18-3-5-19(6-4-18)31-14-9-25-7-8-27(22(28)16-20-2-1-15-32-20)21(17-25)23(29)26-10-12-30-13-11-26/h1-6,15,21H,7-14,16-17H2. The fourth-order valence-corrected chi connectivity index (χ4v) is 4.73. The van der Waals surface area contributed by atoms with Crippen molar-refractivity contribution in [3.8, 4) is 5.75 Å². The maximum Gasteiger partial charge on any atom is 0.246 e. The van der Waals surface area contributed by atoms with Crippen LogP contribution < -0.4 is 4.74 Å². The molecule has 4 rings (SSSR count). The SMILES string of the molecule is O=C(C1CN(CCOc2ccc(F)cc2)CCN1C(=O)Cc1cccs1)N1CCOCC1. The molecule has 0 aliphatic carbocycles. The highest BCUT2D eigenvalue weighted by Crippen LogP contribution is 2.18. The first-order valence-corrected chi connectivity index (χ1v) is 11.8. The van der Waals surface area contributed by atoms with Crippen molar-refractivity contribution in [2.24, 2.45) is 0 Å². The molecule has 2 saturated heterocycles. The maximum atomic E-state index is 13.3. The highest BCUT2D eigenvalue weighted by Gasteiger charge is 2.37. The summed E-state index contributed by atoms with van der Waals surface area (Å²) in [4.78, 5) is 33.1. The molecule has 3 heterocycles. The summed E-state index contributed by atoms with van der Waals surface area (Å²) in [6, 6.07) is 9.30. The van der Waals surface area contributed by atoms with Crippen molar-refractivity contribution in [2.75, 3.05) is 59.1 Å². The summed E-state index contributed by atoms with van der Waals surface area (Å²) < 4.78 is 24.2. The Morgan fingerprint density at radius 1 is 1.09 bits per heavy atom. The van der Waals surface area contributed by atoms with E-state index in [1.54, 1.807) is 33.3 Å². The second kappa shape index (κ2) is 10.9. The molecular weight excluding hydrogens is 433 g/mol. The number of benzene rings is 1. The van der Waals surface area contributed by atoms with Crippen LogP contribution in [0.4, 0.5) is 4.39 Å². The number of morpholine rings is 1. The van der Waals surface area contributed by atoms with E-state index in [-0.39, 0.29) is 17.6 Å². The van der Waals surface area contributed by atoms with Crippen molar-refractivity contribution < 1.29 is 23.5 Å². The first-order valence-electron chi connectivity index (χ1n) is 10.9. The predicted molar refractivity (Wildman–Crippen MR) is 119 cm³/mol. The summed E-state index contributed by atoms with van der Waals surface area (Å²) in [5, 5.41) is 1.96. The fraction of sp³-hybridized carbons (Fsp3) is 0.478. The Bertz CT molecular complexity index is 887. The quantitative estimate of drug-likeness (QED) is 0.630. The Kier molecular flexibility index (Phi) is 7.72. The van der Waals surface area contributed by atoms with E-state index in [2.05, 4.69) is 4.90 Å². The Balaban J connectivity index is 1.38. The number of hydrogen-bond acceptors (Lipinski definition) is 6. The monoisotopic (exact) mass is 461 g/mol. The van der Waals surface area contributed by atoms with Crippen molar-refractivity contribution in [2.45, 2.75) is 12.5 Å². The van der Waals surface area contributed by atoms with Gasteiger partial charge in [-0.1, -0.05) is 6.07 Å². The van der Waals surface area contributed by atoms with Gasteiger partial charge in [0.1, 0.15) is 24.2 Å². The summed E-state index contributed by atoms with van der Waals surface area (Å²) in [7, 11) is 0. The van der Waals surface area contributed by atoms with Crippen molar-refractivity contribution in [1.82, 2.24) is 14.7 Å². The van der Waals surface area contributed by atoms with Crippen LogP contribution in [0.15, 0.2) is 41.8 Å². The summed E-state index contributed by atoms with van der Waals surface area (Å²) in [5.41, 5.74) is 0. The summed E-state index contributed by atoms with van der Waals surface area (Å²) >= 11 is 1.55. The van der Waals surface area contributed by atoms with Crippen LogP contribution in [0, 0.1) is 5.82 Å². The lowest BCUT2D eigenvalue weighted by Crippen LogP contribution is -2.62. The first kappa shape index (κ1) is 22.7. The zero-order chi connectivity index (χ0) is 22.3. The molecule has 1 aromatic carbocycles. The van der Waals surface area contributed by atoms with Crippen LogP contribution in [0.25, 0.3) is 0 Å². The minimum absolute atomic E-state index is 0.0127. The number of nitrogens with zero attached hydrogens (tertiary/aromatic N) is 3. The molecule has 0 spiro atoms. The van der Waals surface area contributed by atoms with E-state index in [9.17, 15) is 14.0 Å². The van der Waals surface area contributed by atoms with Crippen LogP contribution in [0.5, 0.6) is 5.75 Å². The smallest absolute Gasteiger partial charge is 0.246 e. The molecule has 1 unspecified atom stereocenters. The van der Waals surface area contributed by atoms with Gasteiger partial charge in [-0.05, 0) is 35.7 Å². The van der Waals surface area contributed by atoms with Crippen molar-refractivity contribution in [3.63, 3.8) is 0 Å². The largest absolute Gasteiger partial charge is 0.492 e. The third-order valence-corrected chi connectivity index (χ3v) is 6.66. The first-order chi connectivity index (χ1) is 15.6. The third kappa shape index (κ3) is 5.85. The highest BCUT2D eigenvalue weighted by atomic mass is 32.1. The van der Waals surface area contributed by atoms with Gasteiger partial charge in [0.05, 0.1) is 19.6 Å². The molecule has 32 heavy (non-hydrogen) atoms. The molecule has 1 aromatic heterocycles. The van der Waals surface area contributed by atoms with E-state index in [0.717, 1.165) is 4.88 Å². The van der Waals surface area contributed by atoms with Gasteiger partial charge in [-0.15, -0.1) is 11.3 Å². The van der Waals surface area contributed by atoms with Gasteiger partial charge in [-0.3, -0.25) is 14.5 Å². The van der Waals surface area contributed by atoms with Crippen LogP contribution in [0.1, 0.15) is 4.88 Å². The van der Waals surface area contributed by atoms with E-state index in [4.69, 9.17) is 9.47 Å². The Labute approximate surface area is 191 Å². The average Bonchev–Trinajstić information content (AvgIpc) is 3.33. The van der Waals surface area contributed by atoms with Gasteiger partial charge in [0.2, 0.25) is 11.8 Å². The van der Waals surface area contributed by atoms with E-state index >= 15 is 0 Å². The lowest BCUT2D eigenvalue weighted by atomic mass is 10.1. The van der Waals surface area contributed by atoms with Gasteiger partial charge < -0.3 is 19.3 Å². The second-order valence-electron chi connectivity index (χ2n) is 7.90. The fourth-order valence-electron chi connectivity index (χ4n) is 4.03. The van der Waals surface area contributed by atoms with Gasteiger partial charge in [-0.25, -0.2) is 4.39 Å². The van der Waals surface area contributed by atoms with Crippen molar-refractivity contribution in [1.29, 1.82) is 0 Å². The number of carbonyl (C=O) groups is 2. The number of piperazine rings is 1. The van der Waals surface area contributed by atoms with Crippen molar-refractivity contribution in [3.05, 3.63) is 52.5 Å². The Morgan fingerprint density at radius 3 is 2.59 bits per heavy atom. The van der Waals surface area contributed by atoms with Crippen LogP contribution in [0.3, 0.4) is 0 Å². The molecule has 172 valence electrons. The van der Waals surface area contributed by atoms with Gasteiger partial charge in [-0.2, -0.15) is 0 Å². The van der Waals surface area contributed by atoms with Gasteiger partial charge in [0, 0.05) is 44.1 Å². The second-order valence-corrected chi connectivity index (χ2v) is 8.93. The summed E-state index contributed by atoms with van der Waals surface area (Å²) in [6.07, 6.45) is 0.318. The zero-order valence-corrected chi connectivity index (χ0v) is 18.8. The minimum atomic E-state index is -0.514. The molecular formula is C23H28FN3O4S. The third-order valence-electron chi connectivity index (χ3n) is 5.79. The summed E-state index contributed by atoms with van der Waals surface area (Å²) in [5.74, 6) is 0.278. The number of ether oxygens (including phenoxy) is 2. The number of hydrogen-bond donors (Lipinski definition) is 0. The molecule has 2 aromatic rings. The number of halogens is 1. The van der Waals surface area contributed by atoms with Crippen LogP contribution in [-0.4, -0.2) is 91.6 Å². The number of thiophene rings is 1. The molecule has 2 aliphatic rings. The predicted octanol–water partition coefficient (Wildman–Crippen LogP) is 1.88. The molecule has 0 radical (unpaired) electrons. The number of amides is 2. The zero-order valence-electron chi connectivity index (χ0n) is 18.0. The highest BCUT2D eigenvalue weighted by molar-refractivity contribution is 7.10. The van der Waals surface area contributed by atoms with E-state index < -0.39 is 6.04 Å². The maximum absolute atomic E-state index is 13.3. The van der Waals surface area contributed by atoms with Crippen LogP contribution >= 0.6 is 11.3 Å². The Morgan fingerprint density at radius 2 is 1.88 bits per heavy atom. The topological polar surface area (TPSA) is 62.3 Å². The normalized spacial score (nSPS) is 19.7. The molecule has 9 heteroatoms. The molecule has 0 N–H and O–H groups in total. The number of rotatable bonds is 7. The lowest BCUT2D eigenvalue weighted by Gasteiger charge is -2.42. The minimum Gasteiger partial charge on any atom is -0.492 e. The molecule has 7 nitrogen and oxygen atoms in total. The summed E-state index contributed by atoms with van der Waals surface area (Å²) in [6.45, 7) is 4.85. The molecule has 0 bridgehead atoms. The number of carbonyl (C=O) groups excluding carboxylic acids is 2. The lowest BCUT2D eigenvalue weighted by molar-refractivity contribution is -0.151. The Hall–Kier alpha value is -2.49. The molecule has 2 aliphatic heterocycles.